The molecule has 0 saturated heterocycles. The molecule has 17 nitrogen and oxygen atoms in total. The summed E-state index contributed by atoms with van der Waals surface area (Å²) in [6.45, 7) is 0. The Hall–Kier alpha value is -10.5. The summed E-state index contributed by atoms with van der Waals surface area (Å²) in [6, 6.07) is 61.5. The van der Waals surface area contributed by atoms with Gasteiger partial charge in [-0.25, -0.2) is 4.79 Å². The summed E-state index contributed by atoms with van der Waals surface area (Å²) in [5.41, 5.74) is 12.0. The fourth-order valence-corrected chi connectivity index (χ4v) is 10.3. The predicted octanol–water partition coefficient (Wildman–Crippen LogP) is 5.73. The Bertz CT molecular complexity index is 3560. The number of carboxylic acids is 1. The standard InChI is InChI=1S/C72H74N8O9/c73-57(41-49-25-9-1-10-26-49)65(81)74-58(42-50-27-11-2-12-28-50)66(82)75-59(43-51-29-13-3-14-30-51)67(83)76-60(44-52-31-15-4-16-32-52)68(84)77-61(45-53-33-17-5-18-34-53)69(85)78-62(46-54-35-19-6-20-36-54)70(86)79-63(47-55-37-21-7-22-38-55)71(87)80-64(72(88)89)48-56-39-23-8-24-40-56/h1-40,57-64H,41-48,73H2,(H,74,81)(H,75,82)(H,76,83)(H,77,84)(H,78,85)(H,79,86)(H,80,87)(H,88,89)/t57-,58+,59-,60+,61-,62+,63-,64+/m1/s1. The number of nitrogens with one attached hydrogen (secondary N) is 7. The van der Waals surface area contributed by atoms with Gasteiger partial charge in [0.2, 0.25) is 41.4 Å². The number of amides is 7. The van der Waals surface area contributed by atoms with Crippen molar-refractivity contribution in [3.05, 3.63) is 287 Å². The molecule has 0 aliphatic rings. The van der Waals surface area contributed by atoms with E-state index >= 15 is 14.4 Å². The van der Waals surface area contributed by atoms with Crippen LogP contribution in [0.3, 0.4) is 0 Å². The first-order valence-electron chi connectivity index (χ1n) is 29.6. The summed E-state index contributed by atoms with van der Waals surface area (Å²) in [4.78, 5) is 116. The van der Waals surface area contributed by atoms with Crippen LogP contribution in [-0.4, -0.2) is 101 Å². The van der Waals surface area contributed by atoms with Gasteiger partial charge in [0.1, 0.15) is 42.3 Å². The molecule has 8 aromatic rings. The lowest BCUT2D eigenvalue weighted by Crippen LogP contribution is -2.61. The number of carboxylic acid groups (broad SMARTS) is 1. The maximum absolute atomic E-state index is 15.2. The van der Waals surface area contributed by atoms with Crippen LogP contribution >= 0.6 is 0 Å². The molecule has 0 saturated carbocycles. The Morgan fingerprint density at radius 3 is 0.562 bits per heavy atom. The molecule has 0 unspecified atom stereocenters. The highest BCUT2D eigenvalue weighted by Gasteiger charge is 2.35. The zero-order chi connectivity index (χ0) is 62.7. The molecule has 0 heterocycles. The van der Waals surface area contributed by atoms with Gasteiger partial charge in [0.25, 0.3) is 0 Å². The van der Waals surface area contributed by atoms with E-state index in [0.717, 1.165) is 11.1 Å². The Balaban J connectivity index is 1.06. The van der Waals surface area contributed by atoms with Crippen LogP contribution in [0.5, 0.6) is 0 Å². The number of hydrogen-bond donors (Lipinski definition) is 9. The number of carbonyl (C=O) groups is 8. The summed E-state index contributed by atoms with van der Waals surface area (Å²) in [5.74, 6) is -6.34. The summed E-state index contributed by atoms with van der Waals surface area (Å²) >= 11 is 0. The van der Waals surface area contributed by atoms with Crippen molar-refractivity contribution in [1.82, 2.24) is 37.2 Å². The molecule has 8 rings (SSSR count). The molecule has 10 N–H and O–H groups in total. The van der Waals surface area contributed by atoms with E-state index in [9.17, 15) is 29.1 Å². The molecule has 456 valence electrons. The lowest BCUT2D eigenvalue weighted by atomic mass is 9.99. The van der Waals surface area contributed by atoms with Crippen LogP contribution in [-0.2, 0) is 89.7 Å². The van der Waals surface area contributed by atoms with Crippen LogP contribution in [0.2, 0.25) is 0 Å². The summed E-state index contributed by atoms with van der Waals surface area (Å²) < 4.78 is 0. The Morgan fingerprint density at radius 1 is 0.236 bits per heavy atom. The van der Waals surface area contributed by atoms with Gasteiger partial charge in [-0.3, -0.25) is 33.6 Å². The van der Waals surface area contributed by atoms with Crippen molar-refractivity contribution in [3.8, 4) is 0 Å². The normalized spacial score (nSPS) is 13.6. The lowest BCUT2D eigenvalue weighted by Gasteiger charge is -2.28. The minimum absolute atomic E-state index is 0.0246. The van der Waals surface area contributed by atoms with Crippen molar-refractivity contribution in [2.45, 2.75) is 99.7 Å². The molecule has 0 spiro atoms. The predicted molar refractivity (Wildman–Crippen MR) is 340 cm³/mol. The van der Waals surface area contributed by atoms with Crippen LogP contribution in [0.15, 0.2) is 243 Å². The van der Waals surface area contributed by atoms with Crippen LogP contribution in [0, 0.1) is 0 Å². The van der Waals surface area contributed by atoms with Gasteiger partial charge in [-0.1, -0.05) is 243 Å². The molecule has 8 aromatic carbocycles. The van der Waals surface area contributed by atoms with E-state index in [0.29, 0.717) is 33.4 Å². The average molecular weight is 1200 g/mol. The molecule has 0 bridgehead atoms. The zero-order valence-electron chi connectivity index (χ0n) is 49.2. The maximum atomic E-state index is 15.2. The van der Waals surface area contributed by atoms with E-state index in [1.807, 2.05) is 66.7 Å². The van der Waals surface area contributed by atoms with Crippen molar-refractivity contribution in [2.75, 3.05) is 0 Å². The van der Waals surface area contributed by atoms with Crippen LogP contribution in [0.4, 0.5) is 0 Å². The fraction of sp³-hybridized carbons (Fsp3) is 0.222. The molecule has 0 radical (unpaired) electrons. The van der Waals surface area contributed by atoms with Crippen molar-refractivity contribution >= 4 is 47.3 Å². The molecule has 0 fully saturated rings. The number of nitrogens with two attached hydrogens (primary N) is 1. The highest BCUT2D eigenvalue weighted by atomic mass is 16.4. The van der Waals surface area contributed by atoms with E-state index in [-0.39, 0.29) is 51.4 Å². The lowest BCUT2D eigenvalue weighted by molar-refractivity contribution is -0.142. The van der Waals surface area contributed by atoms with E-state index in [4.69, 9.17) is 5.73 Å². The molecular weight excluding hydrogens is 1120 g/mol. The number of carbonyl (C=O) groups excluding carboxylic acids is 7. The van der Waals surface area contributed by atoms with Crippen LogP contribution < -0.4 is 43.0 Å². The molecule has 8 atom stereocenters. The first-order valence-corrected chi connectivity index (χ1v) is 29.6. The highest BCUT2D eigenvalue weighted by molar-refractivity contribution is 5.98. The van der Waals surface area contributed by atoms with Crippen LogP contribution in [0.25, 0.3) is 0 Å². The van der Waals surface area contributed by atoms with Crippen LogP contribution in [0.1, 0.15) is 44.5 Å². The van der Waals surface area contributed by atoms with Crippen molar-refractivity contribution < 1.29 is 43.5 Å². The summed E-state index contributed by atoms with van der Waals surface area (Å²) in [5, 5.41) is 30.2. The van der Waals surface area contributed by atoms with Gasteiger partial charge in [-0.2, -0.15) is 0 Å². The van der Waals surface area contributed by atoms with Gasteiger partial charge in [0, 0.05) is 44.9 Å². The van der Waals surface area contributed by atoms with Gasteiger partial charge in [-0.05, 0) is 50.9 Å². The second-order valence-corrected chi connectivity index (χ2v) is 21.9. The van der Waals surface area contributed by atoms with Gasteiger partial charge >= 0.3 is 5.97 Å². The van der Waals surface area contributed by atoms with Crippen molar-refractivity contribution in [2.24, 2.45) is 5.73 Å². The zero-order valence-corrected chi connectivity index (χ0v) is 49.2. The number of benzene rings is 8. The van der Waals surface area contributed by atoms with E-state index in [1.54, 1.807) is 176 Å². The van der Waals surface area contributed by atoms with E-state index < -0.39 is 95.7 Å². The molecule has 0 aliphatic heterocycles. The summed E-state index contributed by atoms with van der Waals surface area (Å²) in [7, 11) is 0. The fourth-order valence-electron chi connectivity index (χ4n) is 10.3. The third-order valence-electron chi connectivity index (χ3n) is 15.0. The molecule has 89 heavy (non-hydrogen) atoms. The van der Waals surface area contributed by atoms with Crippen molar-refractivity contribution in [1.29, 1.82) is 0 Å². The molecule has 0 aromatic heterocycles. The average Bonchev–Trinajstić information content (AvgIpc) is 3.72. The first kappa shape index (κ1) is 64.5. The Kier molecular flexibility index (Phi) is 24.2. The van der Waals surface area contributed by atoms with Gasteiger partial charge in [-0.15, -0.1) is 0 Å². The van der Waals surface area contributed by atoms with Gasteiger partial charge in [0.15, 0.2) is 0 Å². The van der Waals surface area contributed by atoms with Crippen molar-refractivity contribution in [3.63, 3.8) is 0 Å². The minimum Gasteiger partial charge on any atom is -0.480 e. The smallest absolute Gasteiger partial charge is 0.326 e. The topological polar surface area (TPSA) is 267 Å². The quantitative estimate of drug-likeness (QED) is 0.0255. The van der Waals surface area contributed by atoms with Gasteiger partial charge < -0.3 is 48.1 Å². The van der Waals surface area contributed by atoms with Gasteiger partial charge in [0.05, 0.1) is 6.04 Å². The summed E-state index contributed by atoms with van der Waals surface area (Å²) in [6.07, 6.45) is -0.0219. The number of hydrogen-bond acceptors (Lipinski definition) is 9. The minimum atomic E-state index is -1.38. The second-order valence-electron chi connectivity index (χ2n) is 21.9. The molecule has 0 aliphatic carbocycles. The number of rotatable bonds is 31. The molecular formula is C72H74N8O9. The third kappa shape index (κ3) is 20.9. The molecule has 7 amide bonds. The third-order valence-corrected chi connectivity index (χ3v) is 15.0. The largest absolute Gasteiger partial charge is 0.480 e. The van der Waals surface area contributed by atoms with E-state index in [2.05, 4.69) is 37.2 Å². The molecule has 17 heteroatoms. The Morgan fingerprint density at radius 2 is 0.382 bits per heavy atom. The number of aliphatic carboxylic acids is 1. The van der Waals surface area contributed by atoms with E-state index in [1.165, 1.54) is 0 Å². The monoisotopic (exact) mass is 1190 g/mol. The maximum Gasteiger partial charge on any atom is 0.326 e. The highest BCUT2D eigenvalue weighted by Crippen LogP contribution is 2.15. The first-order chi connectivity index (χ1) is 43.2. The Labute approximate surface area is 518 Å². The SMILES string of the molecule is N[C@H](Cc1ccccc1)C(=O)N[C@@H](Cc1ccccc1)C(=O)N[C@H](Cc1ccccc1)C(=O)N[C@@H](Cc1ccccc1)C(=O)N[C@H](Cc1ccccc1)C(=O)N[C@@H](Cc1ccccc1)C(=O)N[C@H](Cc1ccccc1)C(=O)N[C@@H](Cc1ccccc1)C(=O)O. The second kappa shape index (κ2) is 33.4.